The Morgan fingerprint density at radius 1 is 1.59 bits per heavy atom. The standard InChI is InChI=1S/C12H15BrN2O2/c1-17-10-4-2-3-9(13)12(10)15-7-8(6-14)5-11(15)16/h2-4,8H,5-7,14H2,1H3. The molecule has 2 N–H and O–H groups in total. The summed E-state index contributed by atoms with van der Waals surface area (Å²) >= 11 is 3.46. The summed E-state index contributed by atoms with van der Waals surface area (Å²) in [4.78, 5) is 13.7. The summed E-state index contributed by atoms with van der Waals surface area (Å²) in [6.45, 7) is 1.20. The molecule has 1 aromatic rings. The normalized spacial score (nSPS) is 19.8. The van der Waals surface area contributed by atoms with Gasteiger partial charge in [0.05, 0.1) is 7.11 Å². The minimum absolute atomic E-state index is 0.102. The first kappa shape index (κ1) is 12.4. The summed E-state index contributed by atoms with van der Waals surface area (Å²) < 4.78 is 6.16. The molecule has 1 amide bonds. The lowest BCUT2D eigenvalue weighted by atomic mass is 10.1. The summed E-state index contributed by atoms with van der Waals surface area (Å²) in [6, 6.07) is 5.64. The first-order valence-corrected chi connectivity index (χ1v) is 6.29. The number of carbonyl (C=O) groups is 1. The van der Waals surface area contributed by atoms with E-state index in [4.69, 9.17) is 10.5 Å². The number of ether oxygens (including phenoxy) is 1. The van der Waals surface area contributed by atoms with E-state index in [-0.39, 0.29) is 11.8 Å². The summed E-state index contributed by atoms with van der Waals surface area (Å²) in [5.41, 5.74) is 6.42. The average molecular weight is 299 g/mol. The molecule has 1 unspecified atom stereocenters. The molecule has 1 aromatic carbocycles. The van der Waals surface area contributed by atoms with Crippen LogP contribution < -0.4 is 15.4 Å². The third-order valence-electron chi connectivity index (χ3n) is 2.98. The molecule has 1 aliphatic heterocycles. The second-order valence-electron chi connectivity index (χ2n) is 4.10. The van der Waals surface area contributed by atoms with Crippen molar-refractivity contribution in [2.24, 2.45) is 11.7 Å². The van der Waals surface area contributed by atoms with Gasteiger partial charge >= 0.3 is 0 Å². The van der Waals surface area contributed by atoms with Crippen LogP contribution in [0.5, 0.6) is 5.75 Å². The molecule has 0 spiro atoms. The zero-order valence-corrected chi connectivity index (χ0v) is 11.2. The molecule has 1 atom stereocenters. The zero-order valence-electron chi connectivity index (χ0n) is 9.65. The molecule has 0 radical (unpaired) electrons. The van der Waals surface area contributed by atoms with Crippen LogP contribution in [0.15, 0.2) is 22.7 Å². The summed E-state index contributed by atoms with van der Waals surface area (Å²) in [5.74, 6) is 1.04. The Balaban J connectivity index is 2.37. The molecule has 5 heteroatoms. The Morgan fingerprint density at radius 2 is 2.35 bits per heavy atom. The van der Waals surface area contributed by atoms with Crippen molar-refractivity contribution in [2.75, 3.05) is 25.1 Å². The van der Waals surface area contributed by atoms with E-state index in [9.17, 15) is 4.79 Å². The van der Waals surface area contributed by atoms with Crippen molar-refractivity contribution in [3.05, 3.63) is 22.7 Å². The molecule has 0 saturated carbocycles. The number of nitrogens with zero attached hydrogens (tertiary/aromatic N) is 1. The Labute approximate surface area is 109 Å². The maximum Gasteiger partial charge on any atom is 0.227 e. The molecule has 0 bridgehead atoms. The highest BCUT2D eigenvalue weighted by Gasteiger charge is 2.32. The number of methoxy groups -OCH3 is 1. The van der Waals surface area contributed by atoms with Gasteiger partial charge in [-0.25, -0.2) is 0 Å². The number of amides is 1. The number of para-hydroxylation sites is 1. The van der Waals surface area contributed by atoms with Crippen molar-refractivity contribution >= 4 is 27.5 Å². The van der Waals surface area contributed by atoms with Crippen molar-refractivity contribution in [2.45, 2.75) is 6.42 Å². The maximum atomic E-state index is 12.0. The third-order valence-corrected chi connectivity index (χ3v) is 3.62. The number of rotatable bonds is 3. The molecule has 1 heterocycles. The van der Waals surface area contributed by atoms with Crippen LogP contribution in [-0.4, -0.2) is 26.1 Å². The third kappa shape index (κ3) is 2.30. The number of halogens is 1. The van der Waals surface area contributed by atoms with E-state index < -0.39 is 0 Å². The van der Waals surface area contributed by atoms with Gasteiger partial charge in [-0.3, -0.25) is 4.79 Å². The quantitative estimate of drug-likeness (QED) is 0.925. The molecule has 0 aliphatic carbocycles. The topological polar surface area (TPSA) is 55.6 Å². The molecule has 17 heavy (non-hydrogen) atoms. The Kier molecular flexibility index (Phi) is 3.69. The van der Waals surface area contributed by atoms with E-state index >= 15 is 0 Å². The van der Waals surface area contributed by atoms with Gasteiger partial charge in [0.15, 0.2) is 0 Å². The highest BCUT2D eigenvalue weighted by Crippen LogP contribution is 2.38. The monoisotopic (exact) mass is 298 g/mol. The number of carbonyl (C=O) groups excluding carboxylic acids is 1. The lowest BCUT2D eigenvalue weighted by molar-refractivity contribution is -0.117. The number of anilines is 1. The van der Waals surface area contributed by atoms with Crippen LogP contribution in [0.4, 0.5) is 5.69 Å². The van der Waals surface area contributed by atoms with Gasteiger partial charge in [-0.05, 0) is 40.5 Å². The number of hydrogen-bond donors (Lipinski definition) is 1. The molecular formula is C12H15BrN2O2. The van der Waals surface area contributed by atoms with E-state index in [1.165, 1.54) is 0 Å². The van der Waals surface area contributed by atoms with Crippen LogP contribution >= 0.6 is 15.9 Å². The van der Waals surface area contributed by atoms with E-state index in [0.717, 1.165) is 10.2 Å². The summed E-state index contributed by atoms with van der Waals surface area (Å²) in [7, 11) is 1.60. The van der Waals surface area contributed by atoms with E-state index in [1.807, 2.05) is 18.2 Å². The molecule has 1 aliphatic rings. The molecule has 0 aromatic heterocycles. The fourth-order valence-electron chi connectivity index (χ4n) is 2.08. The Bertz CT molecular complexity index is 437. The predicted molar refractivity (Wildman–Crippen MR) is 70.2 cm³/mol. The second-order valence-corrected chi connectivity index (χ2v) is 4.96. The van der Waals surface area contributed by atoms with Gasteiger partial charge in [0, 0.05) is 17.4 Å². The average Bonchev–Trinajstić information content (AvgIpc) is 2.70. The van der Waals surface area contributed by atoms with Crippen molar-refractivity contribution in [1.82, 2.24) is 0 Å². The highest BCUT2D eigenvalue weighted by atomic mass is 79.9. The van der Waals surface area contributed by atoms with Gasteiger partial charge in [-0.2, -0.15) is 0 Å². The van der Waals surface area contributed by atoms with Crippen LogP contribution in [0.2, 0.25) is 0 Å². The minimum Gasteiger partial charge on any atom is -0.495 e. The fourth-order valence-corrected chi connectivity index (χ4v) is 2.64. The van der Waals surface area contributed by atoms with Crippen molar-refractivity contribution < 1.29 is 9.53 Å². The molecule has 2 rings (SSSR count). The molecule has 4 nitrogen and oxygen atoms in total. The maximum absolute atomic E-state index is 12.0. The second kappa shape index (κ2) is 5.06. The van der Waals surface area contributed by atoms with Crippen LogP contribution in [0.25, 0.3) is 0 Å². The SMILES string of the molecule is COc1cccc(Br)c1N1CC(CN)CC1=O. The van der Waals surface area contributed by atoms with Crippen LogP contribution in [0, 0.1) is 5.92 Å². The van der Waals surface area contributed by atoms with Gasteiger partial charge < -0.3 is 15.4 Å². The van der Waals surface area contributed by atoms with E-state index in [0.29, 0.717) is 25.3 Å². The van der Waals surface area contributed by atoms with Crippen molar-refractivity contribution in [3.8, 4) is 5.75 Å². The first-order chi connectivity index (χ1) is 8.17. The number of benzene rings is 1. The van der Waals surface area contributed by atoms with Crippen molar-refractivity contribution in [1.29, 1.82) is 0 Å². The van der Waals surface area contributed by atoms with E-state index in [2.05, 4.69) is 15.9 Å². The van der Waals surface area contributed by atoms with Crippen LogP contribution in [0.1, 0.15) is 6.42 Å². The summed E-state index contributed by atoms with van der Waals surface area (Å²) in [6.07, 6.45) is 0.515. The largest absolute Gasteiger partial charge is 0.495 e. The molecule has 1 saturated heterocycles. The Morgan fingerprint density at radius 3 is 2.94 bits per heavy atom. The lowest BCUT2D eigenvalue weighted by Crippen LogP contribution is -2.26. The molecule has 92 valence electrons. The lowest BCUT2D eigenvalue weighted by Gasteiger charge is -2.20. The molecular weight excluding hydrogens is 284 g/mol. The van der Waals surface area contributed by atoms with Gasteiger partial charge in [0.1, 0.15) is 11.4 Å². The van der Waals surface area contributed by atoms with Gasteiger partial charge in [-0.15, -0.1) is 0 Å². The van der Waals surface area contributed by atoms with Crippen LogP contribution in [-0.2, 0) is 4.79 Å². The minimum atomic E-state index is 0.102. The zero-order chi connectivity index (χ0) is 12.4. The van der Waals surface area contributed by atoms with Gasteiger partial charge in [0.2, 0.25) is 5.91 Å². The fraction of sp³-hybridized carbons (Fsp3) is 0.417. The van der Waals surface area contributed by atoms with Crippen LogP contribution in [0.3, 0.4) is 0 Å². The van der Waals surface area contributed by atoms with Crippen molar-refractivity contribution in [3.63, 3.8) is 0 Å². The van der Waals surface area contributed by atoms with Gasteiger partial charge in [0.25, 0.3) is 0 Å². The number of hydrogen-bond acceptors (Lipinski definition) is 3. The first-order valence-electron chi connectivity index (χ1n) is 5.50. The Hall–Kier alpha value is -1.07. The highest BCUT2D eigenvalue weighted by molar-refractivity contribution is 9.10. The summed E-state index contributed by atoms with van der Waals surface area (Å²) in [5, 5.41) is 0. The number of nitrogens with two attached hydrogens (primary N) is 1. The predicted octanol–water partition coefficient (Wildman–Crippen LogP) is 1.77. The molecule has 1 fully saturated rings. The smallest absolute Gasteiger partial charge is 0.227 e. The van der Waals surface area contributed by atoms with Gasteiger partial charge in [-0.1, -0.05) is 6.07 Å². The van der Waals surface area contributed by atoms with E-state index in [1.54, 1.807) is 12.0 Å².